The molecule has 0 unspecified atom stereocenters. The molecule has 0 amide bonds. The van der Waals surface area contributed by atoms with Crippen molar-refractivity contribution in [2.24, 2.45) is 5.92 Å². The molecule has 2 aliphatic rings. The van der Waals surface area contributed by atoms with Crippen molar-refractivity contribution >= 4 is 34.6 Å². The number of nitrogens with zero attached hydrogens (tertiary/aromatic N) is 1. The summed E-state index contributed by atoms with van der Waals surface area (Å²) in [7, 11) is 0. The van der Waals surface area contributed by atoms with Crippen LogP contribution in [0.2, 0.25) is 10.0 Å². The average Bonchev–Trinajstić information content (AvgIpc) is 3.04. The standard InChI is InChI=1S/C18H14Cl2N2O2/c19-11-4-1-3-10(9-11)17-13-6-2-5-12(13)16-15(22(23)24)8-7-14(20)18(16)21-17/h1-5,7-9,12-13,17,21H,6H2/t12-,13-,17+/m1/s1. The van der Waals surface area contributed by atoms with Crippen LogP contribution in [-0.4, -0.2) is 4.92 Å². The highest BCUT2D eigenvalue weighted by molar-refractivity contribution is 6.33. The first-order valence-electron chi connectivity index (χ1n) is 7.71. The maximum Gasteiger partial charge on any atom is 0.275 e. The number of fused-ring (bicyclic) bond motifs is 3. The Labute approximate surface area is 149 Å². The van der Waals surface area contributed by atoms with E-state index in [4.69, 9.17) is 23.2 Å². The number of benzene rings is 2. The number of allylic oxidation sites excluding steroid dienone is 2. The van der Waals surface area contributed by atoms with E-state index >= 15 is 0 Å². The molecule has 3 atom stereocenters. The lowest BCUT2D eigenvalue weighted by molar-refractivity contribution is -0.385. The van der Waals surface area contributed by atoms with E-state index in [2.05, 4.69) is 17.5 Å². The molecule has 4 rings (SSSR count). The molecule has 24 heavy (non-hydrogen) atoms. The first kappa shape index (κ1) is 15.5. The highest BCUT2D eigenvalue weighted by Gasteiger charge is 2.42. The van der Waals surface area contributed by atoms with Crippen molar-refractivity contribution in [1.82, 2.24) is 0 Å². The molecule has 4 nitrogen and oxygen atoms in total. The summed E-state index contributed by atoms with van der Waals surface area (Å²) in [5.41, 5.74) is 2.52. The van der Waals surface area contributed by atoms with E-state index in [1.54, 1.807) is 6.07 Å². The van der Waals surface area contributed by atoms with Gasteiger partial charge in [0.2, 0.25) is 0 Å². The van der Waals surface area contributed by atoms with Gasteiger partial charge in [0, 0.05) is 17.0 Å². The fraction of sp³-hybridized carbons (Fsp3) is 0.222. The highest BCUT2D eigenvalue weighted by Crippen LogP contribution is 2.54. The van der Waals surface area contributed by atoms with Gasteiger partial charge in [0.25, 0.3) is 5.69 Å². The lowest BCUT2D eigenvalue weighted by atomic mass is 9.76. The number of anilines is 1. The minimum atomic E-state index is -0.334. The topological polar surface area (TPSA) is 55.2 Å². The molecule has 122 valence electrons. The maximum atomic E-state index is 11.5. The van der Waals surface area contributed by atoms with Crippen molar-refractivity contribution < 1.29 is 4.92 Å². The summed E-state index contributed by atoms with van der Waals surface area (Å²) in [5.74, 6) is 0.178. The van der Waals surface area contributed by atoms with E-state index in [9.17, 15) is 10.1 Å². The minimum Gasteiger partial charge on any atom is -0.376 e. The van der Waals surface area contributed by atoms with Gasteiger partial charge in [-0.3, -0.25) is 10.1 Å². The van der Waals surface area contributed by atoms with Crippen molar-refractivity contribution in [3.8, 4) is 0 Å². The molecule has 1 aliphatic heterocycles. The number of nitro benzene ring substituents is 1. The van der Waals surface area contributed by atoms with Crippen LogP contribution in [-0.2, 0) is 0 Å². The largest absolute Gasteiger partial charge is 0.376 e. The van der Waals surface area contributed by atoms with E-state index in [0.29, 0.717) is 21.3 Å². The smallest absolute Gasteiger partial charge is 0.275 e. The van der Waals surface area contributed by atoms with Gasteiger partial charge in [-0.25, -0.2) is 0 Å². The van der Waals surface area contributed by atoms with E-state index in [-0.39, 0.29) is 28.5 Å². The second-order valence-electron chi connectivity index (χ2n) is 6.14. The lowest BCUT2D eigenvalue weighted by Gasteiger charge is -2.37. The first-order valence-corrected chi connectivity index (χ1v) is 8.47. The summed E-state index contributed by atoms with van der Waals surface area (Å²) in [6.07, 6.45) is 5.01. The Hall–Kier alpha value is -2.04. The van der Waals surface area contributed by atoms with Crippen molar-refractivity contribution in [2.45, 2.75) is 18.4 Å². The van der Waals surface area contributed by atoms with Crippen LogP contribution in [0.3, 0.4) is 0 Å². The van der Waals surface area contributed by atoms with Crippen LogP contribution < -0.4 is 5.32 Å². The molecule has 6 heteroatoms. The van der Waals surface area contributed by atoms with Gasteiger partial charge in [-0.15, -0.1) is 0 Å². The maximum absolute atomic E-state index is 11.5. The molecule has 0 saturated carbocycles. The second-order valence-corrected chi connectivity index (χ2v) is 6.99. The SMILES string of the molecule is O=[N+]([O-])c1ccc(Cl)c2c1[C@@H]1C=CC[C@H]1[C@H](c1cccc(Cl)c1)N2. The summed E-state index contributed by atoms with van der Waals surface area (Å²) in [4.78, 5) is 11.1. The van der Waals surface area contributed by atoms with Gasteiger partial charge in [-0.2, -0.15) is 0 Å². The molecular weight excluding hydrogens is 347 g/mol. The van der Waals surface area contributed by atoms with Gasteiger partial charge in [0.1, 0.15) is 0 Å². The van der Waals surface area contributed by atoms with Crippen LogP contribution in [0, 0.1) is 16.0 Å². The van der Waals surface area contributed by atoms with Crippen LogP contribution in [0.15, 0.2) is 48.6 Å². The number of halogens is 2. The monoisotopic (exact) mass is 360 g/mol. The quantitative estimate of drug-likeness (QED) is 0.422. The number of nitro groups is 1. The minimum absolute atomic E-state index is 0.00991. The van der Waals surface area contributed by atoms with Crippen molar-refractivity contribution in [3.05, 3.63) is 79.8 Å². The predicted molar refractivity (Wildman–Crippen MR) is 95.9 cm³/mol. The number of hydrogen-bond acceptors (Lipinski definition) is 3. The van der Waals surface area contributed by atoms with E-state index in [1.165, 1.54) is 6.07 Å². The highest BCUT2D eigenvalue weighted by atomic mass is 35.5. The summed E-state index contributed by atoms with van der Waals surface area (Å²) in [6, 6.07) is 10.8. The third-order valence-corrected chi connectivity index (χ3v) is 5.40. The lowest BCUT2D eigenvalue weighted by Crippen LogP contribution is -2.29. The Morgan fingerprint density at radius 1 is 1.21 bits per heavy atom. The van der Waals surface area contributed by atoms with Gasteiger partial charge in [-0.1, -0.05) is 47.5 Å². The summed E-state index contributed by atoms with van der Waals surface area (Å²) >= 11 is 12.5. The van der Waals surface area contributed by atoms with Crippen LogP contribution in [0.25, 0.3) is 0 Å². The molecule has 0 fully saturated rings. The van der Waals surface area contributed by atoms with E-state index < -0.39 is 0 Å². The fourth-order valence-corrected chi connectivity index (χ4v) is 4.26. The van der Waals surface area contributed by atoms with Crippen LogP contribution in [0.5, 0.6) is 0 Å². The number of rotatable bonds is 2. The van der Waals surface area contributed by atoms with Crippen molar-refractivity contribution in [2.75, 3.05) is 5.32 Å². The fourth-order valence-electron chi connectivity index (χ4n) is 3.84. The van der Waals surface area contributed by atoms with Gasteiger partial charge in [0.05, 0.1) is 27.2 Å². The second kappa shape index (κ2) is 5.80. The normalized spacial score (nSPS) is 24.2. The third kappa shape index (κ3) is 2.38. The molecule has 0 bridgehead atoms. The number of hydrogen-bond donors (Lipinski definition) is 1. The molecule has 1 aliphatic carbocycles. The molecule has 0 aromatic heterocycles. The molecular formula is C18H14Cl2N2O2. The third-order valence-electron chi connectivity index (χ3n) is 4.85. The van der Waals surface area contributed by atoms with Gasteiger partial charge in [-0.05, 0) is 36.1 Å². The molecule has 0 saturated heterocycles. The van der Waals surface area contributed by atoms with E-state index in [0.717, 1.165) is 12.0 Å². The van der Waals surface area contributed by atoms with Crippen molar-refractivity contribution in [1.29, 1.82) is 0 Å². The van der Waals surface area contributed by atoms with Gasteiger partial charge in [0.15, 0.2) is 0 Å². The van der Waals surface area contributed by atoms with Gasteiger partial charge >= 0.3 is 0 Å². The zero-order chi connectivity index (χ0) is 16.8. The van der Waals surface area contributed by atoms with Crippen LogP contribution in [0.1, 0.15) is 29.5 Å². The Morgan fingerprint density at radius 3 is 2.79 bits per heavy atom. The zero-order valence-electron chi connectivity index (χ0n) is 12.6. The van der Waals surface area contributed by atoms with Crippen LogP contribution in [0.4, 0.5) is 11.4 Å². The molecule has 1 heterocycles. The Morgan fingerprint density at radius 2 is 2.04 bits per heavy atom. The summed E-state index contributed by atoms with van der Waals surface area (Å²) in [6.45, 7) is 0. The van der Waals surface area contributed by atoms with Crippen molar-refractivity contribution in [3.63, 3.8) is 0 Å². The summed E-state index contributed by atoms with van der Waals surface area (Å²) in [5, 5.41) is 16.1. The van der Waals surface area contributed by atoms with Gasteiger partial charge < -0.3 is 5.32 Å². The molecule has 0 spiro atoms. The Bertz CT molecular complexity index is 866. The Kier molecular flexibility index (Phi) is 3.74. The number of nitrogens with one attached hydrogen (secondary N) is 1. The Balaban J connectivity index is 1.88. The first-order chi connectivity index (χ1) is 11.6. The summed E-state index contributed by atoms with van der Waals surface area (Å²) < 4.78 is 0. The predicted octanol–water partition coefficient (Wildman–Crippen LogP) is 5.73. The molecule has 1 N–H and O–H groups in total. The average molecular weight is 361 g/mol. The van der Waals surface area contributed by atoms with E-state index in [1.807, 2.05) is 24.3 Å². The zero-order valence-corrected chi connectivity index (χ0v) is 14.1. The van der Waals surface area contributed by atoms with Crippen LogP contribution >= 0.6 is 23.2 Å². The molecule has 2 aromatic rings. The molecule has 0 radical (unpaired) electrons. The molecule has 2 aromatic carbocycles.